The Hall–Kier alpha value is -2.56. The van der Waals surface area contributed by atoms with Crippen molar-refractivity contribution < 1.29 is 14.0 Å². The number of carbonyl (C=O) groups excluding carboxylic acids is 2. The van der Waals surface area contributed by atoms with Gasteiger partial charge in [-0.05, 0) is 48.9 Å². The lowest BCUT2D eigenvalue weighted by Crippen LogP contribution is -2.36. The molecule has 0 aliphatic carbocycles. The number of nitrogens with zero attached hydrogens (tertiary/aromatic N) is 1. The normalized spacial score (nSPS) is 13.7. The number of aryl methyl sites for hydroxylation is 1. The molecular formula is C20H24N2O3. The number of hydrogen-bond acceptors (Lipinski definition) is 3. The molecule has 5 heteroatoms. The van der Waals surface area contributed by atoms with Crippen molar-refractivity contribution in [2.24, 2.45) is 0 Å². The largest absolute Gasteiger partial charge is 0.459 e. The van der Waals surface area contributed by atoms with E-state index in [9.17, 15) is 9.59 Å². The smallest absolute Gasteiger partial charge is 0.294 e. The van der Waals surface area contributed by atoms with Crippen molar-refractivity contribution in [2.45, 2.75) is 46.5 Å². The lowest BCUT2D eigenvalue weighted by atomic mass is 9.95. The first-order chi connectivity index (χ1) is 11.9. The lowest BCUT2D eigenvalue weighted by Gasteiger charge is -2.32. The Morgan fingerprint density at radius 2 is 2.00 bits per heavy atom. The molecule has 1 aliphatic rings. The van der Waals surface area contributed by atoms with Crippen LogP contribution in [0.25, 0.3) is 0 Å². The molecular weight excluding hydrogens is 316 g/mol. The third-order valence-corrected chi connectivity index (χ3v) is 4.63. The van der Waals surface area contributed by atoms with Crippen LogP contribution in [0.2, 0.25) is 0 Å². The number of anilines is 2. The number of furan rings is 1. The van der Waals surface area contributed by atoms with E-state index in [0.717, 1.165) is 40.9 Å². The summed E-state index contributed by atoms with van der Waals surface area (Å²) in [6.07, 6.45) is 3.27. The van der Waals surface area contributed by atoms with E-state index in [1.807, 2.05) is 39.0 Å². The second kappa shape index (κ2) is 6.75. The van der Waals surface area contributed by atoms with Crippen molar-refractivity contribution in [1.29, 1.82) is 0 Å². The number of rotatable bonds is 3. The second-order valence-electron chi connectivity index (χ2n) is 6.86. The average molecular weight is 340 g/mol. The van der Waals surface area contributed by atoms with E-state index < -0.39 is 0 Å². The highest BCUT2D eigenvalue weighted by Gasteiger charge is 2.30. The summed E-state index contributed by atoms with van der Waals surface area (Å²) in [7, 11) is 0. The lowest BCUT2D eigenvalue weighted by molar-refractivity contribution is -0.114. The van der Waals surface area contributed by atoms with Gasteiger partial charge in [0.1, 0.15) is 0 Å². The molecule has 5 nitrogen and oxygen atoms in total. The summed E-state index contributed by atoms with van der Waals surface area (Å²) in [6, 6.07) is 5.72. The zero-order valence-corrected chi connectivity index (χ0v) is 15.2. The molecule has 0 atom stereocenters. The van der Waals surface area contributed by atoms with E-state index in [2.05, 4.69) is 5.32 Å². The maximum atomic E-state index is 13.2. The first kappa shape index (κ1) is 17.3. The van der Waals surface area contributed by atoms with Crippen LogP contribution in [-0.4, -0.2) is 18.4 Å². The molecule has 25 heavy (non-hydrogen) atoms. The van der Waals surface area contributed by atoms with Gasteiger partial charge in [0.2, 0.25) is 5.91 Å². The third kappa shape index (κ3) is 3.18. The van der Waals surface area contributed by atoms with Crippen LogP contribution in [0, 0.1) is 6.92 Å². The summed E-state index contributed by atoms with van der Waals surface area (Å²) >= 11 is 0. The van der Waals surface area contributed by atoms with Crippen molar-refractivity contribution >= 4 is 23.2 Å². The molecule has 1 aromatic heterocycles. The van der Waals surface area contributed by atoms with Gasteiger partial charge in [0.25, 0.3) is 5.91 Å². The molecule has 0 fully saturated rings. The zero-order chi connectivity index (χ0) is 18.1. The molecule has 1 aromatic carbocycles. The summed E-state index contributed by atoms with van der Waals surface area (Å²) in [5.41, 5.74) is 4.65. The first-order valence-electron chi connectivity index (χ1n) is 8.69. The van der Waals surface area contributed by atoms with Gasteiger partial charge in [0.15, 0.2) is 5.76 Å². The van der Waals surface area contributed by atoms with Crippen LogP contribution in [0.1, 0.15) is 60.4 Å². The molecule has 132 valence electrons. The number of amides is 2. The van der Waals surface area contributed by atoms with Crippen LogP contribution in [0.3, 0.4) is 0 Å². The minimum atomic E-state index is -0.113. The van der Waals surface area contributed by atoms with Gasteiger partial charge in [-0.1, -0.05) is 19.9 Å². The Labute approximate surface area is 148 Å². The van der Waals surface area contributed by atoms with Crippen LogP contribution in [0.5, 0.6) is 0 Å². The van der Waals surface area contributed by atoms with Crippen LogP contribution >= 0.6 is 0 Å². The number of fused-ring (bicyclic) bond motifs is 1. The van der Waals surface area contributed by atoms with Gasteiger partial charge < -0.3 is 14.6 Å². The van der Waals surface area contributed by atoms with E-state index >= 15 is 0 Å². The molecule has 0 saturated carbocycles. The van der Waals surface area contributed by atoms with Gasteiger partial charge in [0.05, 0.1) is 12.0 Å². The van der Waals surface area contributed by atoms with Gasteiger partial charge in [-0.3, -0.25) is 9.59 Å². The Morgan fingerprint density at radius 1 is 1.24 bits per heavy atom. The predicted molar refractivity (Wildman–Crippen MR) is 98.3 cm³/mol. The Kier molecular flexibility index (Phi) is 4.66. The highest BCUT2D eigenvalue weighted by Crippen LogP contribution is 2.37. The van der Waals surface area contributed by atoms with Crippen molar-refractivity contribution in [3.8, 4) is 0 Å². The van der Waals surface area contributed by atoms with Crippen LogP contribution < -0.4 is 10.2 Å². The Morgan fingerprint density at radius 3 is 2.68 bits per heavy atom. The molecule has 2 aromatic rings. The quantitative estimate of drug-likeness (QED) is 0.908. The maximum absolute atomic E-state index is 13.2. The first-order valence-corrected chi connectivity index (χ1v) is 8.69. The molecule has 2 heterocycles. The summed E-state index contributed by atoms with van der Waals surface area (Å²) in [4.78, 5) is 26.5. The zero-order valence-electron chi connectivity index (χ0n) is 15.2. The van der Waals surface area contributed by atoms with Gasteiger partial charge in [-0.25, -0.2) is 0 Å². The predicted octanol–water partition coefficient (Wildman–Crippen LogP) is 4.26. The Bertz CT molecular complexity index is 820. The van der Waals surface area contributed by atoms with Gasteiger partial charge >= 0.3 is 0 Å². The summed E-state index contributed by atoms with van der Waals surface area (Å²) in [5, 5.41) is 2.88. The summed E-state index contributed by atoms with van der Waals surface area (Å²) in [6.45, 7) is 8.23. The van der Waals surface area contributed by atoms with E-state index in [-0.39, 0.29) is 17.7 Å². The van der Waals surface area contributed by atoms with Crippen molar-refractivity contribution in [2.75, 3.05) is 16.8 Å². The number of hydrogen-bond donors (Lipinski definition) is 1. The highest BCUT2D eigenvalue weighted by molar-refractivity contribution is 6.07. The average Bonchev–Trinajstić information content (AvgIpc) is 3.06. The standard InChI is InChI=1S/C20H24N2O3/c1-12(2)15-9-11-25-19(15)20(24)22-10-5-6-16-17(21-14(4)23)8-7-13(3)18(16)22/h7-9,11-12H,5-6,10H2,1-4H3,(H,21,23). The SMILES string of the molecule is CC(=O)Nc1ccc(C)c2c1CCCN2C(=O)c1occc1C(C)C. The minimum Gasteiger partial charge on any atom is -0.459 e. The highest BCUT2D eigenvalue weighted by atomic mass is 16.3. The molecule has 0 radical (unpaired) electrons. The second-order valence-corrected chi connectivity index (χ2v) is 6.86. The van der Waals surface area contributed by atoms with Crippen LogP contribution in [0.15, 0.2) is 28.9 Å². The van der Waals surface area contributed by atoms with Crippen LogP contribution in [0.4, 0.5) is 11.4 Å². The Balaban J connectivity index is 2.05. The van der Waals surface area contributed by atoms with Gasteiger partial charge in [-0.15, -0.1) is 0 Å². The maximum Gasteiger partial charge on any atom is 0.294 e. The summed E-state index contributed by atoms with van der Waals surface area (Å²) in [5.74, 6) is 0.404. The number of nitrogens with one attached hydrogen (secondary N) is 1. The molecule has 0 spiro atoms. The molecule has 2 amide bonds. The number of benzene rings is 1. The molecule has 0 saturated heterocycles. The minimum absolute atomic E-state index is 0.109. The third-order valence-electron chi connectivity index (χ3n) is 4.63. The van der Waals surface area contributed by atoms with Gasteiger partial charge in [0, 0.05) is 24.7 Å². The number of carbonyl (C=O) groups is 2. The molecule has 0 unspecified atom stereocenters. The van der Waals surface area contributed by atoms with E-state index in [1.165, 1.54) is 6.92 Å². The fraction of sp³-hybridized carbons (Fsp3) is 0.400. The molecule has 3 rings (SSSR count). The fourth-order valence-corrected chi connectivity index (χ4v) is 3.49. The fourth-order valence-electron chi connectivity index (χ4n) is 3.49. The van der Waals surface area contributed by atoms with Crippen molar-refractivity contribution in [3.63, 3.8) is 0 Å². The van der Waals surface area contributed by atoms with Crippen molar-refractivity contribution in [1.82, 2.24) is 0 Å². The van der Waals surface area contributed by atoms with Crippen molar-refractivity contribution in [3.05, 3.63) is 46.9 Å². The summed E-state index contributed by atoms with van der Waals surface area (Å²) < 4.78 is 5.53. The molecule has 1 N–H and O–H groups in total. The van der Waals surface area contributed by atoms with E-state index in [4.69, 9.17) is 4.42 Å². The molecule has 0 bridgehead atoms. The van der Waals surface area contributed by atoms with E-state index in [1.54, 1.807) is 11.2 Å². The van der Waals surface area contributed by atoms with E-state index in [0.29, 0.717) is 12.3 Å². The monoisotopic (exact) mass is 340 g/mol. The van der Waals surface area contributed by atoms with Crippen LogP contribution in [-0.2, 0) is 11.2 Å². The topological polar surface area (TPSA) is 62.6 Å². The van der Waals surface area contributed by atoms with Gasteiger partial charge in [-0.2, -0.15) is 0 Å². The molecule has 1 aliphatic heterocycles.